The normalized spacial score (nSPS) is 10.4. The molecule has 0 heterocycles. The van der Waals surface area contributed by atoms with E-state index in [0.29, 0.717) is 0 Å². The van der Waals surface area contributed by atoms with Crippen LogP contribution >= 0.6 is 0 Å². The molecular formula is C8H16N2O4. The predicted octanol–water partition coefficient (Wildman–Crippen LogP) is -0.101. The van der Waals surface area contributed by atoms with Crippen LogP contribution in [0.25, 0.3) is 0 Å². The Morgan fingerprint density at radius 3 is 1.36 bits per heavy atom. The Labute approximate surface area is 82.9 Å². The van der Waals surface area contributed by atoms with Crippen molar-refractivity contribution in [2.45, 2.75) is 39.8 Å². The van der Waals surface area contributed by atoms with Crippen LogP contribution in [0.3, 0.4) is 0 Å². The van der Waals surface area contributed by atoms with Gasteiger partial charge in [-0.05, 0) is 27.7 Å². The Bertz CT molecular complexity index is 182. The summed E-state index contributed by atoms with van der Waals surface area (Å²) in [5.74, 6) is -2.15. The first-order valence-corrected chi connectivity index (χ1v) is 4.36. The van der Waals surface area contributed by atoms with E-state index in [-0.39, 0.29) is 12.1 Å². The van der Waals surface area contributed by atoms with E-state index in [1.165, 1.54) is 0 Å². The van der Waals surface area contributed by atoms with Crippen LogP contribution in [-0.2, 0) is 19.3 Å². The first-order valence-electron chi connectivity index (χ1n) is 4.36. The van der Waals surface area contributed by atoms with Gasteiger partial charge in [0, 0.05) is 12.1 Å². The maximum Gasteiger partial charge on any atom is 0.437 e. The Balaban J connectivity index is 3.71. The molecule has 2 N–H and O–H groups in total. The van der Waals surface area contributed by atoms with Crippen molar-refractivity contribution in [1.29, 1.82) is 0 Å². The smallest absolute Gasteiger partial charge is 0.362 e. The van der Waals surface area contributed by atoms with Gasteiger partial charge in [0.1, 0.15) is 0 Å². The Hall–Kier alpha value is -1.14. The third-order valence-corrected chi connectivity index (χ3v) is 0.941. The summed E-state index contributed by atoms with van der Waals surface area (Å²) in [5.41, 5.74) is 4.67. The largest absolute Gasteiger partial charge is 0.437 e. The Morgan fingerprint density at radius 1 is 0.857 bits per heavy atom. The van der Waals surface area contributed by atoms with Gasteiger partial charge in [-0.2, -0.15) is 11.0 Å². The van der Waals surface area contributed by atoms with Crippen molar-refractivity contribution in [3.05, 3.63) is 0 Å². The summed E-state index contributed by atoms with van der Waals surface area (Å²) >= 11 is 0. The molecule has 0 aliphatic rings. The van der Waals surface area contributed by atoms with Gasteiger partial charge in [0.25, 0.3) is 0 Å². The highest BCUT2D eigenvalue weighted by Crippen LogP contribution is 1.84. The second-order valence-electron chi connectivity index (χ2n) is 3.32. The second kappa shape index (κ2) is 6.33. The van der Waals surface area contributed by atoms with Crippen molar-refractivity contribution in [3.8, 4) is 0 Å². The molecule has 0 aromatic carbocycles. The van der Waals surface area contributed by atoms with Crippen LogP contribution in [0.5, 0.6) is 0 Å². The summed E-state index contributed by atoms with van der Waals surface area (Å²) in [7, 11) is 0. The van der Waals surface area contributed by atoms with Crippen molar-refractivity contribution in [1.82, 2.24) is 11.0 Å². The van der Waals surface area contributed by atoms with E-state index in [0.717, 1.165) is 0 Å². The van der Waals surface area contributed by atoms with Crippen molar-refractivity contribution in [2.24, 2.45) is 0 Å². The van der Waals surface area contributed by atoms with E-state index in [1.807, 2.05) is 0 Å². The summed E-state index contributed by atoms with van der Waals surface area (Å²) in [6.07, 6.45) is 0. The van der Waals surface area contributed by atoms with E-state index < -0.39 is 11.9 Å². The average molecular weight is 204 g/mol. The fourth-order valence-electron chi connectivity index (χ4n) is 0.426. The van der Waals surface area contributed by atoms with Gasteiger partial charge in [0.15, 0.2) is 0 Å². The zero-order valence-electron chi connectivity index (χ0n) is 8.79. The van der Waals surface area contributed by atoms with Crippen LogP contribution in [-0.4, -0.2) is 24.0 Å². The number of hydroxylamine groups is 2. The molecule has 0 saturated carbocycles. The third-order valence-electron chi connectivity index (χ3n) is 0.941. The van der Waals surface area contributed by atoms with Gasteiger partial charge in [-0.3, -0.25) is 0 Å². The van der Waals surface area contributed by atoms with Gasteiger partial charge in [0.05, 0.1) is 0 Å². The lowest BCUT2D eigenvalue weighted by molar-refractivity contribution is -0.178. The summed E-state index contributed by atoms with van der Waals surface area (Å²) in [6.45, 7) is 7.08. The fourth-order valence-corrected chi connectivity index (χ4v) is 0.426. The van der Waals surface area contributed by atoms with E-state index in [1.54, 1.807) is 27.7 Å². The monoisotopic (exact) mass is 204 g/mol. The average Bonchev–Trinajstić information content (AvgIpc) is 2.09. The van der Waals surface area contributed by atoms with Gasteiger partial charge >= 0.3 is 11.9 Å². The Kier molecular flexibility index (Phi) is 5.82. The molecular weight excluding hydrogens is 188 g/mol. The van der Waals surface area contributed by atoms with Crippen LogP contribution in [0.1, 0.15) is 27.7 Å². The molecule has 0 aliphatic heterocycles. The third kappa shape index (κ3) is 6.38. The highest BCUT2D eigenvalue weighted by Gasteiger charge is 2.18. The van der Waals surface area contributed by atoms with Crippen LogP contribution in [0.2, 0.25) is 0 Å². The summed E-state index contributed by atoms with van der Waals surface area (Å²) in [4.78, 5) is 30.5. The van der Waals surface area contributed by atoms with E-state index >= 15 is 0 Å². The zero-order chi connectivity index (χ0) is 11.1. The molecule has 6 nitrogen and oxygen atoms in total. The molecule has 0 radical (unpaired) electrons. The minimum atomic E-state index is -1.08. The molecule has 0 bridgehead atoms. The standard InChI is InChI=1S/C8H16N2O4/c1-5(2)9-13-7(11)8(12)14-10-6(3)4/h5-6,9-10H,1-4H3. The molecule has 82 valence electrons. The van der Waals surface area contributed by atoms with Crippen molar-refractivity contribution >= 4 is 11.9 Å². The summed E-state index contributed by atoms with van der Waals surface area (Å²) in [5, 5.41) is 0. The van der Waals surface area contributed by atoms with Gasteiger partial charge in [0.2, 0.25) is 0 Å². The predicted molar refractivity (Wildman–Crippen MR) is 48.7 cm³/mol. The molecule has 0 aromatic heterocycles. The number of nitrogens with one attached hydrogen (secondary N) is 2. The van der Waals surface area contributed by atoms with Crippen LogP contribution in [0.4, 0.5) is 0 Å². The zero-order valence-corrected chi connectivity index (χ0v) is 8.79. The number of carbonyl (C=O) groups is 2. The van der Waals surface area contributed by atoms with E-state index in [9.17, 15) is 9.59 Å². The van der Waals surface area contributed by atoms with Crippen LogP contribution < -0.4 is 11.0 Å². The quantitative estimate of drug-likeness (QED) is 0.492. The molecule has 0 spiro atoms. The number of hydrogen-bond acceptors (Lipinski definition) is 6. The van der Waals surface area contributed by atoms with E-state index in [2.05, 4.69) is 20.6 Å². The maximum atomic E-state index is 10.9. The van der Waals surface area contributed by atoms with Gasteiger partial charge in [-0.25, -0.2) is 9.59 Å². The van der Waals surface area contributed by atoms with Gasteiger partial charge in [-0.1, -0.05) is 0 Å². The molecule has 14 heavy (non-hydrogen) atoms. The first-order chi connectivity index (χ1) is 6.43. The van der Waals surface area contributed by atoms with Crippen molar-refractivity contribution < 1.29 is 19.3 Å². The minimum absolute atomic E-state index is 0.0511. The molecule has 6 heteroatoms. The number of rotatable bonds is 4. The molecule has 0 aromatic rings. The molecule has 0 aliphatic carbocycles. The fraction of sp³-hybridized carbons (Fsp3) is 0.750. The Morgan fingerprint density at radius 2 is 1.14 bits per heavy atom. The lowest BCUT2D eigenvalue weighted by Crippen LogP contribution is -2.35. The van der Waals surface area contributed by atoms with Gasteiger partial charge in [-0.15, -0.1) is 0 Å². The minimum Gasteiger partial charge on any atom is -0.362 e. The highest BCUT2D eigenvalue weighted by molar-refractivity contribution is 6.29. The summed E-state index contributed by atoms with van der Waals surface area (Å²) in [6, 6.07) is -0.102. The topological polar surface area (TPSA) is 76.7 Å². The summed E-state index contributed by atoms with van der Waals surface area (Å²) < 4.78 is 0. The maximum absolute atomic E-state index is 10.9. The van der Waals surface area contributed by atoms with E-state index in [4.69, 9.17) is 0 Å². The first kappa shape index (κ1) is 12.9. The van der Waals surface area contributed by atoms with Crippen molar-refractivity contribution in [2.75, 3.05) is 0 Å². The lowest BCUT2D eigenvalue weighted by Gasteiger charge is -2.09. The number of carbonyl (C=O) groups excluding carboxylic acids is 2. The molecule has 0 unspecified atom stereocenters. The molecule has 0 fully saturated rings. The highest BCUT2D eigenvalue weighted by atomic mass is 16.7. The molecule has 0 atom stereocenters. The van der Waals surface area contributed by atoms with Gasteiger partial charge < -0.3 is 9.68 Å². The second-order valence-corrected chi connectivity index (χ2v) is 3.32. The van der Waals surface area contributed by atoms with Crippen LogP contribution in [0, 0.1) is 0 Å². The molecule has 0 amide bonds. The lowest BCUT2D eigenvalue weighted by atomic mass is 10.4. The molecule has 0 rings (SSSR count). The SMILES string of the molecule is CC(C)NOC(=O)C(=O)ONC(C)C. The van der Waals surface area contributed by atoms with Crippen molar-refractivity contribution in [3.63, 3.8) is 0 Å². The molecule has 0 saturated heterocycles. The number of hydrogen-bond donors (Lipinski definition) is 2. The van der Waals surface area contributed by atoms with Crippen LogP contribution in [0.15, 0.2) is 0 Å².